The molecule has 1 unspecified atom stereocenters. The molecule has 13 heavy (non-hydrogen) atoms. The minimum absolute atomic E-state index is 0.0561. The number of aromatic nitrogens is 1. The quantitative estimate of drug-likeness (QED) is 0.576. The molecule has 3 nitrogen and oxygen atoms in total. The summed E-state index contributed by atoms with van der Waals surface area (Å²) in [6.07, 6.45) is 3.94. The molecule has 0 spiro atoms. The van der Waals surface area contributed by atoms with Gasteiger partial charge in [0.1, 0.15) is 5.69 Å². The Labute approximate surface area is 79.3 Å². The van der Waals surface area contributed by atoms with Crippen LogP contribution in [-0.2, 0) is 0 Å². The van der Waals surface area contributed by atoms with Crippen molar-refractivity contribution in [3.05, 3.63) is 30.1 Å². The second-order valence-electron chi connectivity index (χ2n) is 2.98. The van der Waals surface area contributed by atoms with Crippen LogP contribution < -0.4 is 0 Å². The summed E-state index contributed by atoms with van der Waals surface area (Å²) in [6, 6.07) is 3.72. The minimum Gasteiger partial charge on any atom is -0.316 e. The molecule has 1 aromatic rings. The van der Waals surface area contributed by atoms with Gasteiger partial charge in [0.15, 0.2) is 0 Å². The van der Waals surface area contributed by atoms with Gasteiger partial charge in [-0.3, -0.25) is 4.79 Å². The number of rotatable bonds is 0. The zero-order valence-corrected chi connectivity index (χ0v) is 8.55. The van der Waals surface area contributed by atoms with Crippen molar-refractivity contribution >= 4 is 21.0 Å². The van der Waals surface area contributed by atoms with Gasteiger partial charge in [0, 0.05) is 11.9 Å². The SMILES string of the molecule is C/C=C1\CN(P)C(=O)c2cccn21. The first-order valence-electron chi connectivity index (χ1n) is 4.13. The lowest BCUT2D eigenvalue weighted by atomic mass is 10.3. The summed E-state index contributed by atoms with van der Waals surface area (Å²) in [7, 11) is 2.44. The Hall–Kier alpha value is -1.08. The van der Waals surface area contributed by atoms with Gasteiger partial charge in [0.2, 0.25) is 0 Å². The van der Waals surface area contributed by atoms with E-state index in [1.54, 1.807) is 4.67 Å². The van der Waals surface area contributed by atoms with Crippen LogP contribution in [0.3, 0.4) is 0 Å². The Morgan fingerprint density at radius 1 is 1.62 bits per heavy atom. The average Bonchev–Trinajstić information content (AvgIpc) is 2.60. The summed E-state index contributed by atoms with van der Waals surface area (Å²) in [4.78, 5) is 11.6. The first kappa shape index (κ1) is 8.52. The van der Waals surface area contributed by atoms with Crippen LogP contribution in [0.1, 0.15) is 17.4 Å². The van der Waals surface area contributed by atoms with Crippen molar-refractivity contribution < 1.29 is 4.79 Å². The van der Waals surface area contributed by atoms with E-state index in [1.807, 2.05) is 35.9 Å². The number of carbonyl (C=O) groups is 1. The lowest BCUT2D eigenvalue weighted by Gasteiger charge is -2.26. The standard InChI is InChI=1S/C9H11N2OP/c1-2-7-6-11(13)9(12)8-4-3-5-10(7)8/h2-5H,6,13H2,1H3/b7-2+. The molecule has 0 bridgehead atoms. The van der Waals surface area contributed by atoms with Gasteiger partial charge in [-0.1, -0.05) is 6.08 Å². The zero-order chi connectivity index (χ0) is 9.42. The molecule has 0 radical (unpaired) electrons. The van der Waals surface area contributed by atoms with Crippen LogP contribution in [0.2, 0.25) is 0 Å². The number of hydrogen-bond acceptors (Lipinski definition) is 1. The maximum atomic E-state index is 11.6. The van der Waals surface area contributed by atoms with Crippen molar-refractivity contribution in [1.29, 1.82) is 0 Å². The molecular weight excluding hydrogens is 183 g/mol. The molecule has 68 valence electrons. The molecule has 0 saturated heterocycles. The Bertz CT molecular complexity index is 381. The molecule has 1 amide bonds. The van der Waals surface area contributed by atoms with E-state index in [9.17, 15) is 4.79 Å². The first-order chi connectivity index (χ1) is 6.24. The third-order valence-electron chi connectivity index (χ3n) is 2.20. The number of fused-ring (bicyclic) bond motifs is 1. The molecule has 0 aliphatic carbocycles. The summed E-state index contributed by atoms with van der Waals surface area (Å²) in [5.74, 6) is 0.0561. The molecule has 2 rings (SSSR count). The van der Waals surface area contributed by atoms with Crippen molar-refractivity contribution in [1.82, 2.24) is 9.24 Å². The molecule has 2 heterocycles. The molecule has 0 N–H and O–H groups in total. The van der Waals surface area contributed by atoms with Crippen molar-refractivity contribution in [2.75, 3.05) is 6.54 Å². The molecular formula is C9H11N2OP. The highest BCUT2D eigenvalue weighted by Gasteiger charge is 2.23. The second-order valence-corrected chi connectivity index (χ2v) is 3.60. The summed E-state index contributed by atoms with van der Waals surface area (Å²) in [5.41, 5.74) is 1.86. The van der Waals surface area contributed by atoms with Crippen molar-refractivity contribution in [2.45, 2.75) is 6.92 Å². The molecule has 0 fully saturated rings. The monoisotopic (exact) mass is 194 g/mol. The van der Waals surface area contributed by atoms with E-state index in [4.69, 9.17) is 0 Å². The first-order valence-corrected chi connectivity index (χ1v) is 4.65. The van der Waals surface area contributed by atoms with Gasteiger partial charge in [-0.15, -0.1) is 0 Å². The predicted molar refractivity (Wildman–Crippen MR) is 55.1 cm³/mol. The normalized spacial score (nSPS) is 19.4. The van der Waals surface area contributed by atoms with Crippen LogP contribution in [0.25, 0.3) is 5.70 Å². The summed E-state index contributed by atoms with van der Waals surface area (Å²) < 4.78 is 3.58. The van der Waals surface area contributed by atoms with Crippen LogP contribution in [-0.4, -0.2) is 21.7 Å². The Morgan fingerprint density at radius 2 is 2.38 bits per heavy atom. The number of allylic oxidation sites excluding steroid dienone is 1. The Balaban J connectivity index is 2.57. The number of amides is 1. The number of hydrogen-bond donors (Lipinski definition) is 0. The van der Waals surface area contributed by atoms with Crippen molar-refractivity contribution in [3.63, 3.8) is 0 Å². The van der Waals surface area contributed by atoms with Crippen LogP contribution in [0.5, 0.6) is 0 Å². The van der Waals surface area contributed by atoms with E-state index in [1.165, 1.54) is 0 Å². The maximum Gasteiger partial charge on any atom is 0.274 e. The average molecular weight is 194 g/mol. The summed E-state index contributed by atoms with van der Waals surface area (Å²) >= 11 is 0. The molecule has 1 aliphatic heterocycles. The van der Waals surface area contributed by atoms with Crippen LogP contribution in [0.15, 0.2) is 24.4 Å². The minimum atomic E-state index is 0.0561. The Morgan fingerprint density at radius 3 is 3.08 bits per heavy atom. The summed E-state index contributed by atoms with van der Waals surface area (Å²) in [5, 5.41) is 0. The molecule has 0 saturated carbocycles. The molecule has 1 aromatic heterocycles. The van der Waals surface area contributed by atoms with E-state index in [2.05, 4.69) is 9.39 Å². The lowest BCUT2D eigenvalue weighted by Crippen LogP contribution is -2.31. The van der Waals surface area contributed by atoms with Gasteiger partial charge in [0.05, 0.1) is 6.54 Å². The van der Waals surface area contributed by atoms with Gasteiger partial charge < -0.3 is 9.24 Å². The van der Waals surface area contributed by atoms with Gasteiger partial charge in [-0.05, 0) is 28.4 Å². The van der Waals surface area contributed by atoms with E-state index in [0.717, 1.165) is 11.4 Å². The van der Waals surface area contributed by atoms with Gasteiger partial charge in [-0.2, -0.15) is 0 Å². The van der Waals surface area contributed by atoms with E-state index < -0.39 is 0 Å². The second kappa shape index (κ2) is 3.00. The van der Waals surface area contributed by atoms with Gasteiger partial charge in [0.25, 0.3) is 5.91 Å². The van der Waals surface area contributed by atoms with Crippen LogP contribution >= 0.6 is 9.39 Å². The Kier molecular flexibility index (Phi) is 1.97. The van der Waals surface area contributed by atoms with Gasteiger partial charge >= 0.3 is 0 Å². The third-order valence-corrected chi connectivity index (χ3v) is 2.62. The fraction of sp³-hybridized carbons (Fsp3) is 0.222. The predicted octanol–water partition coefficient (Wildman–Crippen LogP) is 1.59. The lowest BCUT2D eigenvalue weighted by molar-refractivity contribution is 0.0863. The zero-order valence-electron chi connectivity index (χ0n) is 7.40. The topological polar surface area (TPSA) is 25.2 Å². The largest absolute Gasteiger partial charge is 0.316 e. The summed E-state index contributed by atoms with van der Waals surface area (Å²) in [6.45, 7) is 2.63. The number of carbonyl (C=O) groups excluding carboxylic acids is 1. The molecule has 1 atom stereocenters. The third kappa shape index (κ3) is 1.20. The fourth-order valence-electron chi connectivity index (χ4n) is 1.51. The molecule has 1 aliphatic rings. The maximum absolute atomic E-state index is 11.6. The van der Waals surface area contributed by atoms with Crippen LogP contribution in [0, 0.1) is 0 Å². The smallest absolute Gasteiger partial charge is 0.274 e. The van der Waals surface area contributed by atoms with Gasteiger partial charge in [-0.25, -0.2) is 0 Å². The van der Waals surface area contributed by atoms with Crippen LogP contribution in [0.4, 0.5) is 0 Å². The van der Waals surface area contributed by atoms with Crippen molar-refractivity contribution in [3.8, 4) is 0 Å². The molecule has 4 heteroatoms. The highest BCUT2D eigenvalue weighted by atomic mass is 31.0. The highest BCUT2D eigenvalue weighted by molar-refractivity contribution is 7.14. The fourth-order valence-corrected chi connectivity index (χ4v) is 1.82. The van der Waals surface area contributed by atoms with E-state index in [0.29, 0.717) is 6.54 Å². The molecule has 0 aromatic carbocycles. The number of nitrogens with zero attached hydrogens (tertiary/aromatic N) is 2. The highest BCUT2D eigenvalue weighted by Crippen LogP contribution is 2.22. The van der Waals surface area contributed by atoms with E-state index >= 15 is 0 Å². The van der Waals surface area contributed by atoms with E-state index in [-0.39, 0.29) is 5.91 Å². The van der Waals surface area contributed by atoms with Crippen molar-refractivity contribution in [2.24, 2.45) is 0 Å².